The van der Waals surface area contributed by atoms with Gasteiger partial charge in [-0.3, -0.25) is 9.10 Å². The number of para-hydroxylation sites is 2. The number of hydrogen-bond acceptors (Lipinski definition) is 3. The van der Waals surface area contributed by atoms with Gasteiger partial charge in [0, 0.05) is 13.0 Å². The molecular formula is C17H19ClN2O3S. The van der Waals surface area contributed by atoms with E-state index in [0.717, 1.165) is 11.8 Å². The molecule has 0 aliphatic carbocycles. The van der Waals surface area contributed by atoms with Crippen LogP contribution in [0.1, 0.15) is 12.0 Å². The number of benzene rings is 2. The quantitative estimate of drug-likeness (QED) is 0.851. The van der Waals surface area contributed by atoms with Crippen molar-refractivity contribution in [1.82, 2.24) is 0 Å². The van der Waals surface area contributed by atoms with Crippen molar-refractivity contribution in [2.75, 3.05) is 22.4 Å². The Balaban J connectivity index is 2.10. The first-order valence-electron chi connectivity index (χ1n) is 7.37. The summed E-state index contributed by atoms with van der Waals surface area (Å²) in [4.78, 5) is 12.1. The molecule has 2 aromatic rings. The summed E-state index contributed by atoms with van der Waals surface area (Å²) in [6.45, 7) is 1.89. The summed E-state index contributed by atoms with van der Waals surface area (Å²) in [7, 11) is -3.49. The zero-order valence-corrected chi connectivity index (χ0v) is 15.1. The van der Waals surface area contributed by atoms with Gasteiger partial charge in [0.1, 0.15) is 0 Å². The van der Waals surface area contributed by atoms with Gasteiger partial charge in [0.25, 0.3) is 0 Å². The lowest BCUT2D eigenvalue weighted by Gasteiger charge is -2.23. The average molecular weight is 367 g/mol. The van der Waals surface area contributed by atoms with E-state index in [1.165, 1.54) is 4.31 Å². The fraction of sp³-hybridized carbons (Fsp3) is 0.235. The van der Waals surface area contributed by atoms with Crippen molar-refractivity contribution >= 4 is 38.9 Å². The number of carbonyl (C=O) groups is 1. The van der Waals surface area contributed by atoms with Gasteiger partial charge >= 0.3 is 0 Å². The molecule has 128 valence electrons. The van der Waals surface area contributed by atoms with Gasteiger partial charge in [0.05, 0.1) is 22.7 Å². The first-order chi connectivity index (χ1) is 11.3. The number of carbonyl (C=O) groups excluding carboxylic acids is 1. The lowest BCUT2D eigenvalue weighted by Crippen LogP contribution is -2.33. The van der Waals surface area contributed by atoms with E-state index in [1.54, 1.807) is 36.4 Å². The predicted octanol–water partition coefficient (Wildman–Crippen LogP) is 3.44. The van der Waals surface area contributed by atoms with E-state index in [0.29, 0.717) is 16.4 Å². The number of nitrogens with zero attached hydrogens (tertiary/aromatic N) is 1. The van der Waals surface area contributed by atoms with Crippen LogP contribution in [0, 0.1) is 6.92 Å². The molecule has 5 nitrogen and oxygen atoms in total. The van der Waals surface area contributed by atoms with Gasteiger partial charge in [-0.25, -0.2) is 8.42 Å². The van der Waals surface area contributed by atoms with Crippen molar-refractivity contribution < 1.29 is 13.2 Å². The van der Waals surface area contributed by atoms with E-state index in [-0.39, 0.29) is 18.9 Å². The molecule has 0 bridgehead atoms. The van der Waals surface area contributed by atoms with Crippen molar-refractivity contribution in [3.05, 3.63) is 59.1 Å². The normalized spacial score (nSPS) is 11.1. The largest absolute Gasteiger partial charge is 0.325 e. The SMILES string of the molecule is Cc1ccccc1N(CCC(=O)Nc1ccccc1Cl)S(C)(=O)=O. The highest BCUT2D eigenvalue weighted by Crippen LogP contribution is 2.23. The maximum absolute atomic E-state index is 12.1. The van der Waals surface area contributed by atoms with Crippen LogP contribution in [-0.2, 0) is 14.8 Å². The third kappa shape index (κ3) is 4.72. The number of amides is 1. The number of sulfonamides is 1. The smallest absolute Gasteiger partial charge is 0.232 e. The highest BCUT2D eigenvalue weighted by atomic mass is 35.5. The lowest BCUT2D eigenvalue weighted by atomic mass is 10.2. The minimum atomic E-state index is -3.49. The minimum Gasteiger partial charge on any atom is -0.325 e. The molecule has 0 aliphatic heterocycles. The summed E-state index contributed by atoms with van der Waals surface area (Å²) >= 11 is 6.00. The molecule has 2 rings (SSSR count). The molecule has 0 radical (unpaired) electrons. The number of anilines is 2. The van der Waals surface area contributed by atoms with Crippen molar-refractivity contribution in [3.8, 4) is 0 Å². The van der Waals surface area contributed by atoms with Crippen LogP contribution in [0.25, 0.3) is 0 Å². The second-order valence-corrected chi connectivity index (χ2v) is 7.71. The van der Waals surface area contributed by atoms with Gasteiger partial charge < -0.3 is 5.32 Å². The van der Waals surface area contributed by atoms with E-state index in [9.17, 15) is 13.2 Å². The Morgan fingerprint density at radius 1 is 1.12 bits per heavy atom. The van der Waals surface area contributed by atoms with Gasteiger partial charge in [-0.2, -0.15) is 0 Å². The topological polar surface area (TPSA) is 66.5 Å². The fourth-order valence-corrected chi connectivity index (χ4v) is 3.45. The van der Waals surface area contributed by atoms with Gasteiger partial charge in [-0.05, 0) is 30.7 Å². The average Bonchev–Trinajstić information content (AvgIpc) is 2.50. The zero-order valence-electron chi connectivity index (χ0n) is 13.5. The molecule has 0 saturated carbocycles. The summed E-state index contributed by atoms with van der Waals surface area (Å²) in [5.41, 5.74) is 1.91. The Kier molecular flexibility index (Phi) is 5.85. The number of rotatable bonds is 6. The molecule has 1 amide bonds. The zero-order chi connectivity index (χ0) is 17.7. The molecule has 0 fully saturated rings. The summed E-state index contributed by atoms with van der Waals surface area (Å²) in [6, 6.07) is 14.1. The minimum absolute atomic E-state index is 0.0205. The van der Waals surface area contributed by atoms with Crippen LogP contribution in [0.2, 0.25) is 5.02 Å². The van der Waals surface area contributed by atoms with Crippen molar-refractivity contribution in [2.45, 2.75) is 13.3 Å². The van der Waals surface area contributed by atoms with Gasteiger partial charge in [0.15, 0.2) is 0 Å². The van der Waals surface area contributed by atoms with Crippen LogP contribution in [-0.4, -0.2) is 27.1 Å². The summed E-state index contributed by atoms with van der Waals surface area (Å²) in [6.07, 6.45) is 1.15. The third-order valence-electron chi connectivity index (χ3n) is 3.47. The number of halogens is 1. The lowest BCUT2D eigenvalue weighted by molar-refractivity contribution is -0.116. The van der Waals surface area contributed by atoms with E-state index >= 15 is 0 Å². The molecule has 0 saturated heterocycles. The molecule has 0 spiro atoms. The van der Waals surface area contributed by atoms with Crippen molar-refractivity contribution in [1.29, 1.82) is 0 Å². The summed E-state index contributed by atoms with van der Waals surface area (Å²) < 4.78 is 25.4. The number of aryl methyl sites for hydroxylation is 1. The molecular weight excluding hydrogens is 348 g/mol. The first kappa shape index (κ1) is 18.3. The van der Waals surface area contributed by atoms with Crippen molar-refractivity contribution in [3.63, 3.8) is 0 Å². The molecule has 24 heavy (non-hydrogen) atoms. The first-order valence-corrected chi connectivity index (χ1v) is 9.59. The Hall–Kier alpha value is -2.05. The molecule has 0 atom stereocenters. The summed E-state index contributed by atoms with van der Waals surface area (Å²) in [5, 5.41) is 3.13. The standard InChI is InChI=1S/C17H19ClN2O3S/c1-13-7-3-6-10-16(13)20(24(2,22)23)12-11-17(21)19-15-9-5-4-8-14(15)18/h3-10H,11-12H2,1-2H3,(H,19,21). The van der Waals surface area contributed by atoms with Crippen LogP contribution < -0.4 is 9.62 Å². The molecule has 0 aromatic heterocycles. The monoisotopic (exact) mass is 366 g/mol. The maximum atomic E-state index is 12.1. The molecule has 1 N–H and O–H groups in total. The molecule has 2 aromatic carbocycles. The van der Waals surface area contributed by atoms with Gasteiger partial charge in [-0.1, -0.05) is 41.9 Å². The Morgan fingerprint density at radius 3 is 2.38 bits per heavy atom. The van der Waals surface area contributed by atoms with Crippen LogP contribution >= 0.6 is 11.6 Å². The van der Waals surface area contributed by atoms with Gasteiger partial charge in [-0.15, -0.1) is 0 Å². The van der Waals surface area contributed by atoms with Crippen LogP contribution in [0.5, 0.6) is 0 Å². The molecule has 7 heteroatoms. The Morgan fingerprint density at radius 2 is 1.75 bits per heavy atom. The Bertz CT molecular complexity index is 837. The highest BCUT2D eigenvalue weighted by molar-refractivity contribution is 7.92. The maximum Gasteiger partial charge on any atom is 0.232 e. The number of hydrogen-bond donors (Lipinski definition) is 1. The van der Waals surface area contributed by atoms with Gasteiger partial charge in [0.2, 0.25) is 15.9 Å². The fourth-order valence-electron chi connectivity index (χ4n) is 2.29. The van der Waals surface area contributed by atoms with Crippen LogP contribution in [0.3, 0.4) is 0 Å². The second-order valence-electron chi connectivity index (χ2n) is 5.40. The van der Waals surface area contributed by atoms with Crippen LogP contribution in [0.4, 0.5) is 11.4 Å². The van der Waals surface area contributed by atoms with Crippen LogP contribution in [0.15, 0.2) is 48.5 Å². The van der Waals surface area contributed by atoms with E-state index in [2.05, 4.69) is 5.32 Å². The second kappa shape index (κ2) is 7.68. The molecule has 0 unspecified atom stereocenters. The summed E-state index contributed by atoms with van der Waals surface area (Å²) in [5.74, 6) is -0.301. The highest BCUT2D eigenvalue weighted by Gasteiger charge is 2.20. The van der Waals surface area contributed by atoms with E-state index < -0.39 is 10.0 Å². The molecule has 0 heterocycles. The Labute approximate surface area is 147 Å². The predicted molar refractivity (Wildman–Crippen MR) is 98.1 cm³/mol. The molecule has 0 aliphatic rings. The van der Waals surface area contributed by atoms with E-state index in [1.807, 2.05) is 19.1 Å². The third-order valence-corrected chi connectivity index (χ3v) is 4.98. The van der Waals surface area contributed by atoms with E-state index in [4.69, 9.17) is 11.6 Å². The number of nitrogens with one attached hydrogen (secondary N) is 1. The van der Waals surface area contributed by atoms with Crippen molar-refractivity contribution in [2.24, 2.45) is 0 Å².